The number of allylic oxidation sites excluding steroid dienone is 1. The summed E-state index contributed by atoms with van der Waals surface area (Å²) in [5.41, 5.74) is 9.82. The maximum absolute atomic E-state index is 12.9. The Hall–Kier alpha value is -3.41. The zero-order valence-electron chi connectivity index (χ0n) is 16.5. The van der Waals surface area contributed by atoms with E-state index in [4.69, 9.17) is 11.1 Å². The average Bonchev–Trinajstić information content (AvgIpc) is 3.32. The van der Waals surface area contributed by atoms with Gasteiger partial charge in [-0.15, -0.1) is 0 Å². The summed E-state index contributed by atoms with van der Waals surface area (Å²) in [6, 6.07) is 15.7. The van der Waals surface area contributed by atoms with Crippen LogP contribution in [0, 0.1) is 5.92 Å². The minimum absolute atomic E-state index is 0.114. The van der Waals surface area contributed by atoms with Crippen LogP contribution in [0.5, 0.6) is 0 Å². The molecule has 1 fully saturated rings. The van der Waals surface area contributed by atoms with Gasteiger partial charge in [0.25, 0.3) is 5.91 Å². The lowest BCUT2D eigenvalue weighted by atomic mass is 10.1. The first-order valence-electron chi connectivity index (χ1n) is 9.90. The fourth-order valence-corrected chi connectivity index (χ4v) is 4.20. The molecular formula is C23H26N5O+. The van der Waals surface area contributed by atoms with Crippen molar-refractivity contribution < 1.29 is 10.2 Å². The molecule has 4 rings (SSSR count). The number of carbonyl (C=O) groups is 1. The molecule has 1 aromatic carbocycles. The van der Waals surface area contributed by atoms with Gasteiger partial charge in [-0.05, 0) is 49.6 Å². The lowest BCUT2D eigenvalue weighted by molar-refractivity contribution is -0.103. The molecule has 6 nitrogen and oxygen atoms in total. The zero-order valence-corrected chi connectivity index (χ0v) is 16.5. The predicted molar refractivity (Wildman–Crippen MR) is 115 cm³/mol. The summed E-state index contributed by atoms with van der Waals surface area (Å²) >= 11 is 0. The van der Waals surface area contributed by atoms with E-state index in [-0.39, 0.29) is 11.9 Å². The van der Waals surface area contributed by atoms with Crippen LogP contribution in [0.15, 0.2) is 60.9 Å². The Balaban J connectivity index is 1.50. The smallest absolute Gasteiger partial charge is 0.254 e. The van der Waals surface area contributed by atoms with E-state index < -0.39 is 0 Å². The second-order valence-electron chi connectivity index (χ2n) is 7.63. The Kier molecular flexibility index (Phi) is 5.16. The van der Waals surface area contributed by atoms with Crippen molar-refractivity contribution in [2.24, 2.45) is 11.7 Å². The predicted octanol–water partition coefficient (Wildman–Crippen LogP) is 1.72. The molecule has 3 heterocycles. The standard InChI is InChI=1S/C23H25N5O/c1-16-11-17(15-28(16)23(29)18-5-3-2-4-6-18)14-27-10-9-21-22(27)8-7-20(26-21)19(12-24)13-25/h2-10,12-13,16-17,24H,11,14-15,25H2,1H3/p+1/b19-13+,24-12?/t16-,17?/m0/s1. The molecule has 0 bridgehead atoms. The monoisotopic (exact) mass is 388 g/mol. The molecular weight excluding hydrogens is 362 g/mol. The van der Waals surface area contributed by atoms with Crippen LogP contribution >= 0.6 is 0 Å². The fraction of sp³-hybridized carbons (Fsp3) is 0.261. The number of rotatable bonds is 5. The summed E-state index contributed by atoms with van der Waals surface area (Å²) in [5, 5.41) is 5.62. The summed E-state index contributed by atoms with van der Waals surface area (Å²) in [6.45, 7) is 3.75. The first-order chi connectivity index (χ1) is 14.1. The maximum Gasteiger partial charge on any atom is 0.254 e. The van der Waals surface area contributed by atoms with Crippen molar-refractivity contribution in [2.75, 3.05) is 6.54 Å². The number of nitrogens with two attached hydrogens (primary N) is 2. The first-order valence-corrected chi connectivity index (χ1v) is 9.90. The number of carbonyl (C=O) groups excluding carboxylic acids is 1. The topological polar surface area (TPSA) is 89.7 Å². The van der Waals surface area contributed by atoms with Gasteiger partial charge in [-0.2, -0.15) is 0 Å². The van der Waals surface area contributed by atoms with Crippen LogP contribution < -0.4 is 11.1 Å². The number of hydrogen-bond acceptors (Lipinski definition) is 3. The number of aromatic nitrogens is 2. The summed E-state index contributed by atoms with van der Waals surface area (Å²) in [4.78, 5) is 19.5. The van der Waals surface area contributed by atoms with Gasteiger partial charge in [-0.25, -0.2) is 4.98 Å². The summed E-state index contributed by atoms with van der Waals surface area (Å²) in [5.74, 6) is 0.522. The molecule has 2 atom stereocenters. The van der Waals surface area contributed by atoms with Crippen LogP contribution in [0.2, 0.25) is 0 Å². The second kappa shape index (κ2) is 7.91. The Morgan fingerprint density at radius 3 is 2.76 bits per heavy atom. The molecule has 6 heteroatoms. The molecule has 0 spiro atoms. The minimum atomic E-state index is 0.114. The number of amides is 1. The second-order valence-corrected chi connectivity index (χ2v) is 7.63. The van der Waals surface area contributed by atoms with Gasteiger partial charge in [0.05, 0.1) is 22.3 Å². The SMILES string of the molecule is C[C@H]1CC(Cn2ccc3nc(/C(C=[NH2+])=C/N)ccc32)CN1C(=O)c1ccccc1. The number of likely N-dealkylation sites (tertiary alicyclic amines) is 1. The molecule has 1 aliphatic rings. The zero-order chi connectivity index (χ0) is 20.4. The van der Waals surface area contributed by atoms with Crippen molar-refractivity contribution in [1.29, 1.82) is 0 Å². The lowest BCUT2D eigenvalue weighted by Crippen LogP contribution is -2.34. The van der Waals surface area contributed by atoms with Crippen molar-refractivity contribution in [3.05, 3.63) is 72.2 Å². The van der Waals surface area contributed by atoms with Gasteiger partial charge in [0.1, 0.15) is 0 Å². The molecule has 3 aromatic rings. The third kappa shape index (κ3) is 3.66. The normalized spacial score (nSPS) is 19.6. The number of hydrogen-bond donors (Lipinski definition) is 2. The van der Waals surface area contributed by atoms with Crippen molar-refractivity contribution in [2.45, 2.75) is 25.9 Å². The van der Waals surface area contributed by atoms with Crippen LogP contribution in [-0.4, -0.2) is 39.2 Å². The Labute approximate surface area is 170 Å². The third-order valence-electron chi connectivity index (χ3n) is 5.68. The van der Waals surface area contributed by atoms with Crippen LogP contribution in [0.3, 0.4) is 0 Å². The van der Waals surface area contributed by atoms with E-state index in [2.05, 4.69) is 28.7 Å². The van der Waals surface area contributed by atoms with Crippen LogP contribution in [0.1, 0.15) is 29.4 Å². The highest BCUT2D eigenvalue weighted by Gasteiger charge is 2.33. The van der Waals surface area contributed by atoms with E-state index >= 15 is 0 Å². The molecule has 0 aliphatic carbocycles. The van der Waals surface area contributed by atoms with E-state index in [1.54, 1.807) is 0 Å². The Morgan fingerprint density at radius 2 is 2.03 bits per heavy atom. The Morgan fingerprint density at radius 1 is 1.24 bits per heavy atom. The molecule has 148 valence electrons. The van der Waals surface area contributed by atoms with Gasteiger partial charge >= 0.3 is 0 Å². The molecule has 1 unspecified atom stereocenters. The minimum Gasteiger partial charge on any atom is -0.404 e. The number of nitrogens with zero attached hydrogens (tertiary/aromatic N) is 3. The maximum atomic E-state index is 12.9. The van der Waals surface area contributed by atoms with E-state index in [0.29, 0.717) is 11.5 Å². The van der Waals surface area contributed by atoms with Crippen molar-refractivity contribution in [1.82, 2.24) is 14.5 Å². The van der Waals surface area contributed by atoms with Crippen LogP contribution in [0.4, 0.5) is 0 Å². The third-order valence-corrected chi connectivity index (χ3v) is 5.68. The molecule has 0 saturated carbocycles. The highest BCUT2D eigenvalue weighted by molar-refractivity contribution is 6.06. The van der Waals surface area contributed by atoms with Gasteiger partial charge in [0.15, 0.2) is 6.21 Å². The van der Waals surface area contributed by atoms with E-state index in [1.807, 2.05) is 47.4 Å². The highest BCUT2D eigenvalue weighted by atomic mass is 16.2. The fourth-order valence-electron chi connectivity index (χ4n) is 4.20. The largest absolute Gasteiger partial charge is 0.404 e. The lowest BCUT2D eigenvalue weighted by Gasteiger charge is -2.21. The molecule has 29 heavy (non-hydrogen) atoms. The molecule has 0 radical (unpaired) electrons. The van der Waals surface area contributed by atoms with Crippen LogP contribution in [0.25, 0.3) is 16.6 Å². The molecule has 1 aliphatic heterocycles. The van der Waals surface area contributed by atoms with Gasteiger partial charge in [-0.3, -0.25) is 10.2 Å². The van der Waals surface area contributed by atoms with E-state index in [9.17, 15) is 4.79 Å². The molecule has 2 aromatic heterocycles. The van der Waals surface area contributed by atoms with E-state index in [0.717, 1.165) is 41.8 Å². The highest BCUT2D eigenvalue weighted by Crippen LogP contribution is 2.28. The number of fused-ring (bicyclic) bond motifs is 1. The van der Waals surface area contributed by atoms with Gasteiger partial charge in [0, 0.05) is 37.1 Å². The van der Waals surface area contributed by atoms with Gasteiger partial charge in [0.2, 0.25) is 0 Å². The van der Waals surface area contributed by atoms with Crippen molar-refractivity contribution in [3.63, 3.8) is 0 Å². The first kappa shape index (κ1) is 18.9. The summed E-state index contributed by atoms with van der Waals surface area (Å²) < 4.78 is 2.22. The van der Waals surface area contributed by atoms with Gasteiger partial charge in [-0.1, -0.05) is 18.2 Å². The Bertz CT molecular complexity index is 1070. The van der Waals surface area contributed by atoms with Gasteiger partial charge < -0.3 is 15.2 Å². The average molecular weight is 388 g/mol. The van der Waals surface area contributed by atoms with E-state index in [1.165, 1.54) is 12.4 Å². The summed E-state index contributed by atoms with van der Waals surface area (Å²) in [6.07, 6.45) is 5.98. The quantitative estimate of drug-likeness (QED) is 0.652. The molecule has 4 N–H and O–H groups in total. The number of pyridine rings is 1. The molecule has 1 saturated heterocycles. The van der Waals surface area contributed by atoms with Crippen molar-refractivity contribution >= 4 is 28.7 Å². The van der Waals surface area contributed by atoms with Crippen LogP contribution in [-0.2, 0) is 6.54 Å². The van der Waals surface area contributed by atoms with Crippen molar-refractivity contribution in [3.8, 4) is 0 Å². The number of benzene rings is 1. The summed E-state index contributed by atoms with van der Waals surface area (Å²) in [7, 11) is 0. The molecule has 1 amide bonds.